The van der Waals surface area contributed by atoms with Crippen LogP contribution in [0, 0.1) is 0 Å². The van der Waals surface area contributed by atoms with Crippen LogP contribution in [0.5, 0.6) is 0 Å². The molecule has 0 N–H and O–H groups in total. The first-order chi connectivity index (χ1) is 21.8. The molecule has 0 unspecified atom stereocenters. The van der Waals surface area contributed by atoms with E-state index in [0.29, 0.717) is 0 Å². The molecule has 0 aliphatic heterocycles. The largest absolute Gasteiger partial charge is 0.254 e. The molecule has 0 aliphatic carbocycles. The van der Waals surface area contributed by atoms with Crippen molar-refractivity contribution in [2.24, 2.45) is 20.0 Å². The van der Waals surface area contributed by atoms with Gasteiger partial charge in [-0.05, 0) is 57.6 Å². The lowest BCUT2D eigenvalue weighted by molar-refractivity contribution is 1.43. The van der Waals surface area contributed by atoms with E-state index in [0.717, 1.165) is 56.1 Å². The highest BCUT2D eigenvalue weighted by molar-refractivity contribution is 5.90. The molecular formula is C40H30N4. The van der Waals surface area contributed by atoms with Gasteiger partial charge in [0.05, 0.1) is 22.7 Å². The van der Waals surface area contributed by atoms with Gasteiger partial charge in [-0.3, -0.25) is 20.0 Å². The maximum absolute atomic E-state index is 4.86. The van der Waals surface area contributed by atoms with E-state index in [9.17, 15) is 0 Å². The van der Waals surface area contributed by atoms with Crippen LogP contribution in [-0.4, -0.2) is 24.9 Å². The number of aliphatic imine (C=N–C) groups is 4. The second kappa shape index (κ2) is 14.3. The van der Waals surface area contributed by atoms with Gasteiger partial charge in [0.2, 0.25) is 0 Å². The quantitative estimate of drug-likeness (QED) is 0.156. The van der Waals surface area contributed by atoms with Crippen molar-refractivity contribution in [2.45, 2.75) is 0 Å². The fourth-order valence-electron chi connectivity index (χ4n) is 4.56. The average molecular weight is 567 g/mol. The molecule has 0 bridgehead atoms. The minimum absolute atomic E-state index is 0.777. The molecule has 0 spiro atoms. The molecule has 0 aliphatic rings. The molecule has 0 atom stereocenters. The highest BCUT2D eigenvalue weighted by Crippen LogP contribution is 2.37. The third-order valence-electron chi connectivity index (χ3n) is 6.89. The van der Waals surface area contributed by atoms with Gasteiger partial charge in [-0.15, -0.1) is 0 Å². The Hall–Kier alpha value is -6.00. The summed E-state index contributed by atoms with van der Waals surface area (Å²) in [7, 11) is 0. The molecule has 0 saturated carbocycles. The first-order valence-electron chi connectivity index (χ1n) is 14.5. The van der Waals surface area contributed by atoms with E-state index < -0.39 is 0 Å². The second-order valence-corrected chi connectivity index (χ2v) is 10.1. The van der Waals surface area contributed by atoms with Crippen molar-refractivity contribution in [3.8, 4) is 11.1 Å². The van der Waals surface area contributed by atoms with E-state index in [1.165, 1.54) is 0 Å². The van der Waals surface area contributed by atoms with Gasteiger partial charge in [-0.1, -0.05) is 133 Å². The van der Waals surface area contributed by atoms with E-state index in [-0.39, 0.29) is 0 Å². The SMILES string of the molecule is C(=N/c1ccc(-c2ccc(/N=C\c3ccccc3)c(/N=C\c3ccccc3)c2)cc1/N=C\c1ccccc1)/c1ccccc1. The summed E-state index contributed by atoms with van der Waals surface area (Å²) in [5.41, 5.74) is 9.26. The van der Waals surface area contributed by atoms with Gasteiger partial charge in [-0.2, -0.15) is 0 Å². The van der Waals surface area contributed by atoms with Crippen LogP contribution in [0.25, 0.3) is 11.1 Å². The zero-order chi connectivity index (χ0) is 29.8. The first kappa shape index (κ1) is 28.1. The first-order valence-corrected chi connectivity index (χ1v) is 14.5. The molecule has 0 amide bonds. The minimum atomic E-state index is 0.777. The van der Waals surface area contributed by atoms with Gasteiger partial charge in [0, 0.05) is 24.9 Å². The van der Waals surface area contributed by atoms with Crippen LogP contribution in [0.2, 0.25) is 0 Å². The summed E-state index contributed by atoms with van der Waals surface area (Å²) in [6, 6.07) is 52.6. The highest BCUT2D eigenvalue weighted by atomic mass is 14.8. The maximum atomic E-state index is 4.86. The zero-order valence-corrected chi connectivity index (χ0v) is 24.1. The van der Waals surface area contributed by atoms with Gasteiger partial charge < -0.3 is 0 Å². The molecule has 6 aromatic carbocycles. The smallest absolute Gasteiger partial charge is 0.0892 e. The van der Waals surface area contributed by atoms with Crippen LogP contribution in [0.4, 0.5) is 22.7 Å². The summed E-state index contributed by atoms with van der Waals surface area (Å²) >= 11 is 0. The minimum Gasteiger partial charge on any atom is -0.254 e. The van der Waals surface area contributed by atoms with Crippen molar-refractivity contribution in [1.82, 2.24) is 0 Å². The van der Waals surface area contributed by atoms with E-state index in [1.54, 1.807) is 0 Å². The van der Waals surface area contributed by atoms with Crippen LogP contribution in [-0.2, 0) is 0 Å². The van der Waals surface area contributed by atoms with Crippen LogP contribution in [0.3, 0.4) is 0 Å². The topological polar surface area (TPSA) is 49.4 Å². The molecule has 0 fully saturated rings. The molecule has 4 nitrogen and oxygen atoms in total. The van der Waals surface area contributed by atoms with Gasteiger partial charge >= 0.3 is 0 Å². The lowest BCUT2D eigenvalue weighted by Crippen LogP contribution is -1.84. The summed E-state index contributed by atoms with van der Waals surface area (Å²) in [4.78, 5) is 19.3. The fourth-order valence-corrected chi connectivity index (χ4v) is 4.56. The Labute approximate surface area is 258 Å². The zero-order valence-electron chi connectivity index (χ0n) is 24.1. The van der Waals surface area contributed by atoms with Gasteiger partial charge in [-0.25, -0.2) is 0 Å². The standard InChI is InChI=1S/C40H30N4/c1-5-13-31(14-6-1)27-41-37-23-21-35(25-39(37)43-29-33-17-9-3-10-18-33)36-22-24-38(42-28-32-15-7-2-8-16-32)40(26-36)44-30-34-19-11-4-12-20-34/h1-30H/b41-27-,42-28-,43-29-,44-30-. The lowest BCUT2D eigenvalue weighted by Gasteiger charge is -2.09. The molecule has 6 rings (SSSR count). The van der Waals surface area contributed by atoms with Crippen molar-refractivity contribution in [3.63, 3.8) is 0 Å². The number of nitrogens with zero attached hydrogens (tertiary/aromatic N) is 4. The predicted molar refractivity (Wildman–Crippen MR) is 187 cm³/mol. The van der Waals surface area contributed by atoms with Gasteiger partial charge in [0.15, 0.2) is 0 Å². The Morgan fingerprint density at radius 1 is 0.273 bits per heavy atom. The van der Waals surface area contributed by atoms with Crippen LogP contribution >= 0.6 is 0 Å². The number of benzene rings is 6. The lowest BCUT2D eigenvalue weighted by atomic mass is 10.0. The molecule has 44 heavy (non-hydrogen) atoms. The summed E-state index contributed by atoms with van der Waals surface area (Å²) in [5, 5.41) is 0. The number of hydrogen-bond donors (Lipinski definition) is 0. The van der Waals surface area contributed by atoms with E-state index in [4.69, 9.17) is 20.0 Å². The van der Waals surface area contributed by atoms with E-state index >= 15 is 0 Å². The van der Waals surface area contributed by atoms with Crippen molar-refractivity contribution in [1.29, 1.82) is 0 Å². The van der Waals surface area contributed by atoms with E-state index in [2.05, 4.69) is 24.3 Å². The van der Waals surface area contributed by atoms with Gasteiger partial charge in [0.1, 0.15) is 0 Å². The normalized spacial score (nSPS) is 11.7. The molecule has 0 aromatic heterocycles. The fraction of sp³-hybridized carbons (Fsp3) is 0. The third kappa shape index (κ3) is 7.64. The van der Waals surface area contributed by atoms with E-state index in [1.807, 2.05) is 158 Å². The van der Waals surface area contributed by atoms with Crippen molar-refractivity contribution < 1.29 is 0 Å². The molecular weight excluding hydrogens is 536 g/mol. The highest BCUT2D eigenvalue weighted by Gasteiger charge is 2.08. The molecule has 0 radical (unpaired) electrons. The Balaban J connectivity index is 1.38. The van der Waals surface area contributed by atoms with Crippen LogP contribution in [0.15, 0.2) is 178 Å². The average Bonchev–Trinajstić information content (AvgIpc) is 3.10. The second-order valence-electron chi connectivity index (χ2n) is 10.1. The molecule has 6 aromatic rings. The van der Waals surface area contributed by atoms with Crippen LogP contribution < -0.4 is 0 Å². The number of rotatable bonds is 9. The Bertz CT molecular complexity index is 1780. The molecule has 0 heterocycles. The Morgan fingerprint density at radius 3 is 0.841 bits per heavy atom. The molecule has 4 heteroatoms. The summed E-state index contributed by atoms with van der Waals surface area (Å²) < 4.78 is 0. The maximum Gasteiger partial charge on any atom is 0.0892 e. The monoisotopic (exact) mass is 566 g/mol. The van der Waals surface area contributed by atoms with Crippen molar-refractivity contribution >= 4 is 47.6 Å². The van der Waals surface area contributed by atoms with Crippen molar-refractivity contribution in [3.05, 3.63) is 180 Å². The van der Waals surface area contributed by atoms with Crippen LogP contribution in [0.1, 0.15) is 22.3 Å². The number of hydrogen-bond acceptors (Lipinski definition) is 4. The molecule has 0 saturated heterocycles. The summed E-state index contributed by atoms with van der Waals surface area (Å²) in [6.45, 7) is 0. The Kier molecular flexibility index (Phi) is 9.11. The van der Waals surface area contributed by atoms with Crippen molar-refractivity contribution in [2.75, 3.05) is 0 Å². The molecule has 210 valence electrons. The summed E-state index contributed by atoms with van der Waals surface area (Å²) in [5.74, 6) is 0. The predicted octanol–water partition coefficient (Wildman–Crippen LogP) is 10.4. The summed E-state index contributed by atoms with van der Waals surface area (Å²) in [6.07, 6.45) is 7.48. The Morgan fingerprint density at radius 2 is 0.545 bits per heavy atom. The van der Waals surface area contributed by atoms with Gasteiger partial charge in [0.25, 0.3) is 0 Å². The third-order valence-corrected chi connectivity index (χ3v) is 6.89.